The molecule has 2 aromatic heterocycles. The van der Waals surface area contributed by atoms with Gasteiger partial charge in [-0.15, -0.1) is 0 Å². The Balaban J connectivity index is 1.31. The van der Waals surface area contributed by atoms with E-state index in [0.29, 0.717) is 58.3 Å². The number of carbonyl (C=O) groups is 2. The standard InChI is InChI=1S/C28H35N5O7/c1-28(2,3)40-27(35)33-17-7-5-16(6-8-17)32-26(34)18-13-29-24-22(18)30-14-31-23(24)21-19(37-12-11-36-4)9-10-20-25(21)39-15-38-20/h9-10,13-14,16-17,29H,5-8,11-12,15H2,1-4H3,(H,32,34)(H,33,35). The van der Waals surface area contributed by atoms with Crippen LogP contribution in [0.15, 0.2) is 24.7 Å². The van der Waals surface area contributed by atoms with Gasteiger partial charge >= 0.3 is 6.09 Å². The minimum atomic E-state index is -0.544. The summed E-state index contributed by atoms with van der Waals surface area (Å²) in [6.45, 7) is 6.35. The van der Waals surface area contributed by atoms with Crippen LogP contribution < -0.4 is 24.8 Å². The number of methoxy groups -OCH3 is 1. The second-order valence-corrected chi connectivity index (χ2v) is 10.8. The van der Waals surface area contributed by atoms with Crippen molar-refractivity contribution in [3.05, 3.63) is 30.2 Å². The van der Waals surface area contributed by atoms with Crippen molar-refractivity contribution in [3.63, 3.8) is 0 Å². The van der Waals surface area contributed by atoms with Crippen LogP contribution in [0.3, 0.4) is 0 Å². The fraction of sp³-hybridized carbons (Fsp3) is 0.500. The number of nitrogens with zero attached hydrogens (tertiary/aromatic N) is 2. The zero-order chi connectivity index (χ0) is 28.3. The molecule has 12 heteroatoms. The van der Waals surface area contributed by atoms with E-state index in [-0.39, 0.29) is 24.8 Å². The number of nitrogens with one attached hydrogen (secondary N) is 3. The molecule has 0 saturated heterocycles. The van der Waals surface area contributed by atoms with Crippen LogP contribution in [-0.4, -0.2) is 71.8 Å². The Bertz CT molecular complexity index is 1380. The Morgan fingerprint density at radius 1 is 1.05 bits per heavy atom. The van der Waals surface area contributed by atoms with E-state index in [9.17, 15) is 9.59 Å². The van der Waals surface area contributed by atoms with Gasteiger partial charge in [0.2, 0.25) is 6.79 Å². The minimum Gasteiger partial charge on any atom is -0.490 e. The molecular formula is C28H35N5O7. The van der Waals surface area contributed by atoms with Gasteiger partial charge in [-0.2, -0.15) is 0 Å². The first kappa shape index (κ1) is 27.5. The quantitative estimate of drug-likeness (QED) is 0.353. The van der Waals surface area contributed by atoms with E-state index in [2.05, 4.69) is 25.6 Å². The molecule has 2 amide bonds. The summed E-state index contributed by atoms with van der Waals surface area (Å²) < 4.78 is 27.8. The van der Waals surface area contributed by atoms with Crippen LogP contribution in [0.2, 0.25) is 0 Å². The highest BCUT2D eigenvalue weighted by molar-refractivity contribution is 6.08. The summed E-state index contributed by atoms with van der Waals surface area (Å²) in [7, 11) is 1.61. The zero-order valence-corrected chi connectivity index (χ0v) is 23.2. The van der Waals surface area contributed by atoms with Crippen molar-refractivity contribution >= 4 is 23.0 Å². The summed E-state index contributed by atoms with van der Waals surface area (Å²) in [4.78, 5) is 37.5. The predicted molar refractivity (Wildman–Crippen MR) is 146 cm³/mol. The Kier molecular flexibility index (Phi) is 7.97. The number of H-pyrrole nitrogens is 1. The molecule has 0 spiro atoms. The lowest BCUT2D eigenvalue weighted by Crippen LogP contribution is -2.45. The molecule has 1 aliphatic carbocycles. The molecule has 1 aliphatic heterocycles. The number of hydrogen-bond acceptors (Lipinski definition) is 9. The van der Waals surface area contributed by atoms with Gasteiger partial charge in [0.25, 0.3) is 5.91 Å². The predicted octanol–water partition coefficient (Wildman–Crippen LogP) is 3.94. The number of rotatable bonds is 8. The van der Waals surface area contributed by atoms with Crippen molar-refractivity contribution in [2.75, 3.05) is 27.1 Å². The van der Waals surface area contributed by atoms with Crippen molar-refractivity contribution in [2.45, 2.75) is 64.1 Å². The third-order valence-electron chi connectivity index (χ3n) is 6.77. The van der Waals surface area contributed by atoms with Crippen LogP contribution in [-0.2, 0) is 9.47 Å². The average Bonchev–Trinajstić information content (AvgIpc) is 3.56. The molecule has 214 valence electrons. The van der Waals surface area contributed by atoms with Gasteiger partial charge < -0.3 is 39.3 Å². The Labute approximate surface area is 232 Å². The summed E-state index contributed by atoms with van der Waals surface area (Å²) >= 11 is 0. The third-order valence-corrected chi connectivity index (χ3v) is 6.77. The van der Waals surface area contributed by atoms with Gasteiger partial charge in [-0.05, 0) is 58.6 Å². The van der Waals surface area contributed by atoms with Gasteiger partial charge in [0.1, 0.15) is 35.5 Å². The minimum absolute atomic E-state index is 0.0147. The fourth-order valence-electron chi connectivity index (χ4n) is 4.96. The average molecular weight is 554 g/mol. The van der Waals surface area contributed by atoms with Gasteiger partial charge in [-0.1, -0.05) is 0 Å². The van der Waals surface area contributed by atoms with E-state index in [1.807, 2.05) is 20.8 Å². The second kappa shape index (κ2) is 11.6. The lowest BCUT2D eigenvalue weighted by molar-refractivity contribution is 0.0488. The molecular weight excluding hydrogens is 518 g/mol. The first-order valence-corrected chi connectivity index (χ1v) is 13.4. The van der Waals surface area contributed by atoms with Crippen LogP contribution in [0.25, 0.3) is 22.3 Å². The molecule has 1 aromatic carbocycles. The Morgan fingerprint density at radius 3 is 2.52 bits per heavy atom. The first-order chi connectivity index (χ1) is 19.2. The normalized spacial score (nSPS) is 18.4. The molecule has 3 aromatic rings. The monoisotopic (exact) mass is 553 g/mol. The first-order valence-electron chi connectivity index (χ1n) is 13.4. The highest BCUT2D eigenvalue weighted by atomic mass is 16.7. The highest BCUT2D eigenvalue weighted by Crippen LogP contribution is 2.47. The van der Waals surface area contributed by atoms with Gasteiger partial charge in [0, 0.05) is 25.4 Å². The molecule has 0 bridgehead atoms. The maximum Gasteiger partial charge on any atom is 0.407 e. The number of alkyl carbamates (subject to hydrolysis) is 1. The molecule has 5 rings (SSSR count). The van der Waals surface area contributed by atoms with Crippen molar-refractivity contribution in [3.8, 4) is 28.5 Å². The summed E-state index contributed by atoms with van der Waals surface area (Å²) in [6.07, 6.45) is 5.62. The van der Waals surface area contributed by atoms with Crippen LogP contribution >= 0.6 is 0 Å². The number of amides is 2. The molecule has 1 fully saturated rings. The molecule has 0 atom stereocenters. The smallest absolute Gasteiger partial charge is 0.407 e. The SMILES string of the molecule is COCCOc1ccc2c(c1-c1ncnc3c(C(=O)NC4CCC(NC(=O)OC(C)(C)C)CC4)c[nH]c13)OCO2. The number of aromatic nitrogens is 3. The zero-order valence-electron chi connectivity index (χ0n) is 23.2. The third kappa shape index (κ3) is 6.06. The molecule has 0 radical (unpaired) electrons. The van der Waals surface area contributed by atoms with Crippen LogP contribution in [0.1, 0.15) is 56.8 Å². The van der Waals surface area contributed by atoms with E-state index in [4.69, 9.17) is 23.7 Å². The molecule has 12 nitrogen and oxygen atoms in total. The van der Waals surface area contributed by atoms with Crippen LogP contribution in [0, 0.1) is 0 Å². The van der Waals surface area contributed by atoms with E-state index >= 15 is 0 Å². The van der Waals surface area contributed by atoms with Crippen molar-refractivity contribution in [2.24, 2.45) is 0 Å². The lowest BCUT2D eigenvalue weighted by Gasteiger charge is -2.30. The van der Waals surface area contributed by atoms with Gasteiger partial charge in [0.05, 0.1) is 23.3 Å². The number of fused-ring (bicyclic) bond motifs is 2. The van der Waals surface area contributed by atoms with E-state index in [1.54, 1.807) is 25.4 Å². The maximum atomic E-state index is 13.3. The molecule has 3 heterocycles. The number of benzene rings is 1. The van der Waals surface area contributed by atoms with Crippen molar-refractivity contribution < 1.29 is 33.3 Å². The van der Waals surface area contributed by atoms with Gasteiger partial charge in [-0.25, -0.2) is 14.8 Å². The number of carbonyl (C=O) groups excluding carboxylic acids is 2. The van der Waals surface area contributed by atoms with E-state index in [1.165, 1.54) is 6.33 Å². The van der Waals surface area contributed by atoms with Crippen molar-refractivity contribution in [1.29, 1.82) is 0 Å². The van der Waals surface area contributed by atoms with E-state index in [0.717, 1.165) is 25.7 Å². The highest BCUT2D eigenvalue weighted by Gasteiger charge is 2.29. The van der Waals surface area contributed by atoms with Gasteiger partial charge in [-0.3, -0.25) is 4.79 Å². The topological polar surface area (TPSA) is 146 Å². The molecule has 3 N–H and O–H groups in total. The second-order valence-electron chi connectivity index (χ2n) is 10.8. The Morgan fingerprint density at radius 2 is 1.80 bits per heavy atom. The van der Waals surface area contributed by atoms with Crippen molar-refractivity contribution in [1.82, 2.24) is 25.6 Å². The number of hydrogen-bond donors (Lipinski definition) is 3. The van der Waals surface area contributed by atoms with Gasteiger partial charge in [0.15, 0.2) is 11.5 Å². The Hall–Kier alpha value is -4.06. The lowest BCUT2D eigenvalue weighted by atomic mass is 9.91. The van der Waals surface area contributed by atoms with Crippen LogP contribution in [0.4, 0.5) is 4.79 Å². The molecule has 1 saturated carbocycles. The van der Waals surface area contributed by atoms with Crippen LogP contribution in [0.5, 0.6) is 17.2 Å². The summed E-state index contributed by atoms with van der Waals surface area (Å²) in [6, 6.07) is 3.60. The number of ether oxygens (including phenoxy) is 5. The summed E-state index contributed by atoms with van der Waals surface area (Å²) in [5.74, 6) is 1.43. The fourth-order valence-corrected chi connectivity index (χ4v) is 4.96. The molecule has 0 unspecified atom stereocenters. The maximum absolute atomic E-state index is 13.3. The largest absolute Gasteiger partial charge is 0.490 e. The summed E-state index contributed by atoms with van der Waals surface area (Å²) in [5.41, 5.74) is 2.09. The molecule has 2 aliphatic rings. The molecule has 40 heavy (non-hydrogen) atoms. The van der Waals surface area contributed by atoms with E-state index < -0.39 is 11.7 Å². The summed E-state index contributed by atoms with van der Waals surface area (Å²) in [5, 5.41) is 6.05. The number of aromatic amines is 1.